The highest BCUT2D eigenvalue weighted by molar-refractivity contribution is 5.29. The molecule has 176 valence electrons. The van der Waals surface area contributed by atoms with Crippen LogP contribution in [0.4, 0.5) is 0 Å². The minimum absolute atomic E-state index is 0.0231. The summed E-state index contributed by atoms with van der Waals surface area (Å²) in [7, 11) is 0. The third-order valence-corrected chi connectivity index (χ3v) is 12.7. The van der Waals surface area contributed by atoms with Crippen molar-refractivity contribution in [2.75, 3.05) is 0 Å². The van der Waals surface area contributed by atoms with Gasteiger partial charge in [0, 0.05) is 0 Å². The summed E-state index contributed by atoms with van der Waals surface area (Å²) in [6.45, 7) is 13.6. The van der Waals surface area contributed by atoms with E-state index in [0.29, 0.717) is 40.1 Å². The molecule has 3 nitrogen and oxygen atoms in total. The van der Waals surface area contributed by atoms with Gasteiger partial charge in [0.05, 0.1) is 23.9 Å². The third-order valence-electron chi connectivity index (χ3n) is 12.7. The maximum absolute atomic E-state index is 10.8. The zero-order valence-corrected chi connectivity index (χ0v) is 20.8. The molecule has 5 saturated carbocycles. The summed E-state index contributed by atoms with van der Waals surface area (Å²) in [5.74, 6) is 3.64. The van der Waals surface area contributed by atoms with Crippen LogP contribution in [0.2, 0.25) is 0 Å². The van der Waals surface area contributed by atoms with Gasteiger partial charge in [-0.2, -0.15) is 0 Å². The third kappa shape index (κ3) is 2.47. The smallest absolute Gasteiger partial charge is 0.0863 e. The second-order valence-electron chi connectivity index (χ2n) is 14.5. The van der Waals surface area contributed by atoms with E-state index in [1.807, 2.05) is 13.8 Å². The normalized spacial score (nSPS) is 59.6. The van der Waals surface area contributed by atoms with Gasteiger partial charge in [0.1, 0.15) is 0 Å². The zero-order valence-electron chi connectivity index (χ0n) is 20.8. The summed E-state index contributed by atoms with van der Waals surface area (Å²) in [4.78, 5) is 0. The van der Waals surface area contributed by atoms with Crippen LogP contribution in [0, 0.1) is 51.2 Å². The molecule has 1 saturated heterocycles. The van der Waals surface area contributed by atoms with E-state index in [1.54, 1.807) is 0 Å². The van der Waals surface area contributed by atoms with E-state index in [4.69, 9.17) is 4.74 Å². The number of aliphatic hydroxyl groups is 2. The fourth-order valence-electron chi connectivity index (χ4n) is 11.3. The molecule has 6 rings (SSSR count). The number of hydrogen-bond acceptors (Lipinski definition) is 3. The minimum atomic E-state index is -0.748. The highest BCUT2D eigenvalue weighted by Gasteiger charge is 2.80. The molecular formula is C28H46O3. The van der Waals surface area contributed by atoms with E-state index in [-0.39, 0.29) is 17.6 Å². The second-order valence-corrected chi connectivity index (χ2v) is 14.5. The Bertz CT molecular complexity index is 769. The van der Waals surface area contributed by atoms with Gasteiger partial charge >= 0.3 is 0 Å². The highest BCUT2D eigenvalue weighted by Crippen LogP contribution is 2.87. The van der Waals surface area contributed by atoms with Crippen molar-refractivity contribution in [1.82, 2.24) is 0 Å². The van der Waals surface area contributed by atoms with Crippen LogP contribution in [0.1, 0.15) is 99.3 Å². The molecule has 31 heavy (non-hydrogen) atoms. The first-order valence-corrected chi connectivity index (χ1v) is 13.4. The molecule has 1 heterocycles. The Hall–Kier alpha value is -0.120. The van der Waals surface area contributed by atoms with Crippen molar-refractivity contribution in [2.45, 2.75) is 123 Å². The molecule has 9 unspecified atom stereocenters. The molecule has 0 aromatic carbocycles. The highest BCUT2D eigenvalue weighted by atomic mass is 16.5. The van der Waals surface area contributed by atoms with E-state index in [9.17, 15) is 10.2 Å². The van der Waals surface area contributed by atoms with Crippen molar-refractivity contribution in [1.29, 1.82) is 0 Å². The number of hydrogen-bond donors (Lipinski definition) is 2. The zero-order chi connectivity index (χ0) is 22.2. The van der Waals surface area contributed by atoms with Gasteiger partial charge in [-0.1, -0.05) is 27.7 Å². The summed E-state index contributed by atoms with van der Waals surface area (Å²) >= 11 is 0. The molecule has 0 aromatic heterocycles. The molecule has 0 amide bonds. The summed E-state index contributed by atoms with van der Waals surface area (Å²) < 4.78 is 6.70. The summed E-state index contributed by atoms with van der Waals surface area (Å²) in [6.07, 6.45) is 11.6. The standard InChI is InChI=1S/C28H46O3/c1-16-13-22(25(4,5)30)31-19-14-18-17-7-8-20-24(2,3)21(29)9-10-28(20)15-27(17,28)12-11-26(18,6)23(16)19/h16-23,29-30H,7-15H2,1-6H3/t16-,17?,18?,19?,20+,21?,22?,23?,26?,27?,28?/m1/s1. The Morgan fingerprint density at radius 1 is 0.903 bits per heavy atom. The van der Waals surface area contributed by atoms with Crippen molar-refractivity contribution < 1.29 is 14.9 Å². The van der Waals surface area contributed by atoms with E-state index in [1.165, 1.54) is 44.9 Å². The van der Waals surface area contributed by atoms with Crippen molar-refractivity contribution in [3.8, 4) is 0 Å². The van der Waals surface area contributed by atoms with Gasteiger partial charge in [-0.25, -0.2) is 0 Å². The summed E-state index contributed by atoms with van der Waals surface area (Å²) in [5.41, 5.74) is 0.821. The van der Waals surface area contributed by atoms with E-state index >= 15 is 0 Å². The van der Waals surface area contributed by atoms with Crippen LogP contribution in [0.5, 0.6) is 0 Å². The van der Waals surface area contributed by atoms with Gasteiger partial charge in [0.25, 0.3) is 0 Å². The van der Waals surface area contributed by atoms with Crippen molar-refractivity contribution in [3.05, 3.63) is 0 Å². The van der Waals surface area contributed by atoms with Gasteiger partial charge in [0.15, 0.2) is 0 Å². The average Bonchev–Trinajstić information content (AvgIpc) is 3.24. The molecule has 2 N–H and O–H groups in total. The van der Waals surface area contributed by atoms with Gasteiger partial charge in [-0.3, -0.25) is 0 Å². The molecule has 3 heteroatoms. The number of aliphatic hydroxyl groups excluding tert-OH is 1. The Balaban J connectivity index is 1.31. The average molecular weight is 431 g/mol. The van der Waals surface area contributed by atoms with Gasteiger partial charge in [-0.15, -0.1) is 0 Å². The van der Waals surface area contributed by atoms with Crippen LogP contribution in [0.3, 0.4) is 0 Å². The predicted octanol–water partition coefficient (Wildman–Crippen LogP) is 5.57. The van der Waals surface area contributed by atoms with Crippen molar-refractivity contribution >= 4 is 0 Å². The molecule has 2 spiro atoms. The number of fused-ring (bicyclic) bond motifs is 4. The Morgan fingerprint density at radius 3 is 2.35 bits per heavy atom. The topological polar surface area (TPSA) is 49.7 Å². The molecule has 6 aliphatic rings. The van der Waals surface area contributed by atoms with Crippen LogP contribution in [0.15, 0.2) is 0 Å². The molecule has 0 aromatic rings. The molecule has 6 fully saturated rings. The first-order valence-electron chi connectivity index (χ1n) is 13.4. The fourth-order valence-corrected chi connectivity index (χ4v) is 11.3. The van der Waals surface area contributed by atoms with Gasteiger partial charge in [0.2, 0.25) is 0 Å². The van der Waals surface area contributed by atoms with Crippen LogP contribution in [0.25, 0.3) is 0 Å². The lowest BCUT2D eigenvalue weighted by Crippen LogP contribution is -2.55. The van der Waals surface area contributed by atoms with Gasteiger partial charge in [-0.05, 0) is 123 Å². The maximum atomic E-state index is 10.8. The minimum Gasteiger partial charge on any atom is -0.393 e. The summed E-state index contributed by atoms with van der Waals surface area (Å²) in [5, 5.41) is 21.5. The van der Waals surface area contributed by atoms with E-state index in [2.05, 4.69) is 27.7 Å². The molecular weight excluding hydrogens is 384 g/mol. The van der Waals surface area contributed by atoms with Gasteiger partial charge < -0.3 is 14.9 Å². The lowest BCUT2D eigenvalue weighted by Gasteiger charge is -2.59. The second kappa shape index (κ2) is 6.11. The number of rotatable bonds is 1. The largest absolute Gasteiger partial charge is 0.393 e. The SMILES string of the molecule is C[C@@H]1CC(C(C)(C)O)OC2CC3C4CC[C@H]5C(C)(C)C(O)CCC56CC46CCC3(C)C21. The summed E-state index contributed by atoms with van der Waals surface area (Å²) in [6, 6.07) is 0. The Labute approximate surface area is 189 Å². The fraction of sp³-hybridized carbons (Fsp3) is 1.00. The van der Waals surface area contributed by atoms with Crippen LogP contribution in [-0.2, 0) is 4.74 Å². The lowest BCUT2D eigenvalue weighted by molar-refractivity contribution is -0.181. The maximum Gasteiger partial charge on any atom is 0.0863 e. The molecule has 0 radical (unpaired) electrons. The quantitative estimate of drug-likeness (QED) is 0.572. The molecule has 5 aliphatic carbocycles. The monoisotopic (exact) mass is 430 g/mol. The molecule has 11 atom stereocenters. The first kappa shape index (κ1) is 21.4. The van der Waals surface area contributed by atoms with E-state index in [0.717, 1.165) is 24.7 Å². The van der Waals surface area contributed by atoms with Crippen molar-refractivity contribution in [2.24, 2.45) is 51.2 Å². The molecule has 1 aliphatic heterocycles. The first-order chi connectivity index (χ1) is 14.4. The van der Waals surface area contributed by atoms with Crippen LogP contribution < -0.4 is 0 Å². The van der Waals surface area contributed by atoms with Crippen molar-refractivity contribution in [3.63, 3.8) is 0 Å². The van der Waals surface area contributed by atoms with E-state index < -0.39 is 5.60 Å². The Kier molecular flexibility index (Phi) is 4.22. The molecule has 0 bridgehead atoms. The van der Waals surface area contributed by atoms with Crippen LogP contribution in [-0.4, -0.2) is 34.1 Å². The van der Waals surface area contributed by atoms with Crippen LogP contribution >= 0.6 is 0 Å². The Morgan fingerprint density at radius 2 is 1.65 bits per heavy atom. The number of ether oxygens (including phenoxy) is 1. The predicted molar refractivity (Wildman–Crippen MR) is 122 cm³/mol. The lowest BCUT2D eigenvalue weighted by atomic mass is 9.46.